The third kappa shape index (κ3) is 5.07. The van der Waals surface area contributed by atoms with Crippen molar-refractivity contribution in [3.05, 3.63) is 78.2 Å². The summed E-state index contributed by atoms with van der Waals surface area (Å²) in [5.74, 6) is 0.297. The molecule has 3 aromatic rings. The van der Waals surface area contributed by atoms with Gasteiger partial charge >= 0.3 is 0 Å². The molecule has 7 heteroatoms. The Morgan fingerprint density at radius 1 is 0.964 bits per heavy atom. The SMILES string of the molecule is CCc1ccc(S(=O)(=O)Nc2ccc(N(C)CCc3ccncc3)cn2)cc1. The molecular weight excluding hydrogens is 372 g/mol. The summed E-state index contributed by atoms with van der Waals surface area (Å²) >= 11 is 0. The lowest BCUT2D eigenvalue weighted by Gasteiger charge is -2.19. The third-order valence-corrected chi connectivity index (χ3v) is 5.93. The summed E-state index contributed by atoms with van der Waals surface area (Å²) in [4.78, 5) is 10.6. The van der Waals surface area contributed by atoms with E-state index in [9.17, 15) is 8.42 Å². The van der Waals surface area contributed by atoms with E-state index in [1.165, 1.54) is 5.56 Å². The zero-order valence-corrected chi connectivity index (χ0v) is 16.9. The smallest absolute Gasteiger partial charge is 0.263 e. The van der Waals surface area contributed by atoms with E-state index in [0.717, 1.165) is 30.6 Å². The van der Waals surface area contributed by atoms with Crippen LogP contribution in [0.15, 0.2) is 72.0 Å². The van der Waals surface area contributed by atoms with E-state index < -0.39 is 10.0 Å². The zero-order chi connectivity index (χ0) is 20.0. The maximum absolute atomic E-state index is 12.5. The summed E-state index contributed by atoms with van der Waals surface area (Å²) < 4.78 is 27.6. The summed E-state index contributed by atoms with van der Waals surface area (Å²) in [6.07, 6.45) is 7.00. The fraction of sp³-hybridized carbons (Fsp3) is 0.238. The topological polar surface area (TPSA) is 75.2 Å². The van der Waals surface area contributed by atoms with Crippen molar-refractivity contribution in [2.45, 2.75) is 24.7 Å². The van der Waals surface area contributed by atoms with E-state index in [1.54, 1.807) is 36.8 Å². The lowest BCUT2D eigenvalue weighted by atomic mass is 10.2. The van der Waals surface area contributed by atoms with Gasteiger partial charge in [-0.3, -0.25) is 9.71 Å². The number of aryl methyl sites for hydroxylation is 1. The normalized spacial score (nSPS) is 11.2. The number of aromatic nitrogens is 2. The number of pyridine rings is 2. The molecule has 0 radical (unpaired) electrons. The van der Waals surface area contributed by atoms with Crippen molar-refractivity contribution in [3.8, 4) is 0 Å². The number of nitrogens with one attached hydrogen (secondary N) is 1. The Balaban J connectivity index is 1.63. The summed E-state index contributed by atoms with van der Waals surface area (Å²) in [6.45, 7) is 2.85. The minimum atomic E-state index is -3.65. The molecule has 0 unspecified atom stereocenters. The average Bonchev–Trinajstić information content (AvgIpc) is 2.73. The van der Waals surface area contributed by atoms with Crippen LogP contribution >= 0.6 is 0 Å². The first kappa shape index (κ1) is 19.8. The zero-order valence-electron chi connectivity index (χ0n) is 16.0. The summed E-state index contributed by atoms with van der Waals surface area (Å²) in [5, 5.41) is 0. The van der Waals surface area contributed by atoms with Crippen molar-refractivity contribution in [1.82, 2.24) is 9.97 Å². The molecule has 0 atom stereocenters. The number of sulfonamides is 1. The first-order valence-electron chi connectivity index (χ1n) is 9.16. The Hall–Kier alpha value is -2.93. The molecular formula is C21H24N4O2S. The van der Waals surface area contributed by atoms with Gasteiger partial charge in [0, 0.05) is 26.0 Å². The molecule has 1 aromatic carbocycles. The number of nitrogens with zero attached hydrogens (tertiary/aromatic N) is 3. The Bertz CT molecular complexity index is 989. The number of hydrogen-bond acceptors (Lipinski definition) is 5. The van der Waals surface area contributed by atoms with E-state index in [2.05, 4.69) is 19.6 Å². The molecule has 0 spiro atoms. The van der Waals surface area contributed by atoms with E-state index in [4.69, 9.17) is 0 Å². The Kier molecular flexibility index (Phi) is 6.26. The van der Waals surface area contributed by atoms with Gasteiger partial charge in [-0.1, -0.05) is 19.1 Å². The Labute approximate surface area is 166 Å². The van der Waals surface area contributed by atoms with Gasteiger partial charge in [0.1, 0.15) is 5.82 Å². The highest BCUT2D eigenvalue weighted by Crippen LogP contribution is 2.18. The van der Waals surface area contributed by atoms with Crippen LogP contribution in [0.3, 0.4) is 0 Å². The van der Waals surface area contributed by atoms with Crippen LogP contribution in [0.25, 0.3) is 0 Å². The molecule has 0 amide bonds. The second-order valence-corrected chi connectivity index (χ2v) is 8.21. The lowest BCUT2D eigenvalue weighted by Crippen LogP contribution is -2.20. The predicted octanol–water partition coefficient (Wildman–Crippen LogP) is 3.52. The molecule has 6 nitrogen and oxygen atoms in total. The van der Waals surface area contributed by atoms with Crippen molar-refractivity contribution in [2.24, 2.45) is 0 Å². The van der Waals surface area contributed by atoms with Crippen molar-refractivity contribution >= 4 is 21.5 Å². The molecule has 0 fully saturated rings. The van der Waals surface area contributed by atoms with Gasteiger partial charge in [-0.05, 0) is 60.4 Å². The first-order chi connectivity index (χ1) is 13.5. The third-order valence-electron chi connectivity index (χ3n) is 4.55. The number of anilines is 2. The molecule has 1 N–H and O–H groups in total. The highest BCUT2D eigenvalue weighted by Gasteiger charge is 2.14. The van der Waals surface area contributed by atoms with Gasteiger partial charge in [0.05, 0.1) is 16.8 Å². The van der Waals surface area contributed by atoms with E-state index in [0.29, 0.717) is 5.82 Å². The van der Waals surface area contributed by atoms with Gasteiger partial charge < -0.3 is 4.90 Å². The summed E-state index contributed by atoms with van der Waals surface area (Å²) in [6, 6.07) is 14.4. The van der Waals surface area contributed by atoms with Crippen LogP contribution in [0.5, 0.6) is 0 Å². The van der Waals surface area contributed by atoms with Crippen LogP contribution in [0, 0.1) is 0 Å². The van der Waals surface area contributed by atoms with Gasteiger partial charge in [-0.15, -0.1) is 0 Å². The molecule has 146 valence electrons. The minimum Gasteiger partial charge on any atom is -0.373 e. The monoisotopic (exact) mass is 396 g/mol. The number of likely N-dealkylation sites (N-methyl/N-ethyl adjacent to an activating group) is 1. The maximum Gasteiger partial charge on any atom is 0.263 e. The van der Waals surface area contributed by atoms with Gasteiger partial charge in [-0.25, -0.2) is 13.4 Å². The van der Waals surface area contributed by atoms with Crippen LogP contribution in [0.2, 0.25) is 0 Å². The van der Waals surface area contributed by atoms with E-state index in [1.807, 2.05) is 44.3 Å². The van der Waals surface area contributed by atoms with Gasteiger partial charge in [0.15, 0.2) is 0 Å². The van der Waals surface area contributed by atoms with Crippen LogP contribution in [-0.4, -0.2) is 32.0 Å². The number of rotatable bonds is 8. The van der Waals surface area contributed by atoms with Crippen molar-refractivity contribution in [3.63, 3.8) is 0 Å². The van der Waals surface area contributed by atoms with Crippen LogP contribution in [0.1, 0.15) is 18.1 Å². The van der Waals surface area contributed by atoms with Crippen molar-refractivity contribution in [2.75, 3.05) is 23.2 Å². The molecule has 0 aliphatic heterocycles. The molecule has 28 heavy (non-hydrogen) atoms. The van der Waals surface area contributed by atoms with Crippen molar-refractivity contribution < 1.29 is 8.42 Å². The van der Waals surface area contributed by atoms with Crippen LogP contribution < -0.4 is 9.62 Å². The molecule has 3 rings (SSSR count). The number of benzene rings is 1. The highest BCUT2D eigenvalue weighted by molar-refractivity contribution is 7.92. The van der Waals surface area contributed by atoms with Gasteiger partial charge in [0.25, 0.3) is 10.0 Å². The van der Waals surface area contributed by atoms with E-state index >= 15 is 0 Å². The largest absolute Gasteiger partial charge is 0.373 e. The van der Waals surface area contributed by atoms with Crippen molar-refractivity contribution in [1.29, 1.82) is 0 Å². The summed E-state index contributed by atoms with van der Waals surface area (Å²) in [5.41, 5.74) is 3.23. The predicted molar refractivity (Wildman–Crippen MR) is 112 cm³/mol. The van der Waals surface area contributed by atoms with Gasteiger partial charge in [0.2, 0.25) is 0 Å². The molecule has 0 bridgehead atoms. The second kappa shape index (κ2) is 8.84. The van der Waals surface area contributed by atoms with E-state index in [-0.39, 0.29) is 4.90 Å². The molecule has 0 aliphatic rings. The Morgan fingerprint density at radius 2 is 1.68 bits per heavy atom. The Morgan fingerprint density at radius 3 is 2.29 bits per heavy atom. The lowest BCUT2D eigenvalue weighted by molar-refractivity contribution is 0.601. The van der Waals surface area contributed by atoms with Crippen LogP contribution in [0.4, 0.5) is 11.5 Å². The molecule has 2 heterocycles. The average molecular weight is 397 g/mol. The first-order valence-corrected chi connectivity index (χ1v) is 10.6. The molecule has 0 aliphatic carbocycles. The summed E-state index contributed by atoms with van der Waals surface area (Å²) in [7, 11) is -1.67. The molecule has 0 saturated heterocycles. The number of hydrogen-bond donors (Lipinski definition) is 1. The standard InChI is InChI=1S/C21H24N4O2S/c1-3-17-4-7-20(8-5-17)28(26,27)24-21-9-6-19(16-23-21)25(2)15-12-18-10-13-22-14-11-18/h4-11,13-14,16H,3,12,15H2,1-2H3,(H,23,24). The molecule has 0 saturated carbocycles. The maximum atomic E-state index is 12.5. The van der Waals surface area contributed by atoms with Gasteiger partial charge in [-0.2, -0.15) is 0 Å². The van der Waals surface area contributed by atoms with Crippen LogP contribution in [-0.2, 0) is 22.9 Å². The quantitative estimate of drug-likeness (QED) is 0.631. The highest BCUT2D eigenvalue weighted by atomic mass is 32.2. The fourth-order valence-electron chi connectivity index (χ4n) is 2.75. The molecule has 2 aromatic heterocycles. The fourth-order valence-corrected chi connectivity index (χ4v) is 3.76. The minimum absolute atomic E-state index is 0.227. The second-order valence-electron chi connectivity index (χ2n) is 6.53.